The van der Waals surface area contributed by atoms with Gasteiger partial charge in [0.25, 0.3) is 0 Å². The Morgan fingerprint density at radius 2 is 2.19 bits per heavy atom. The van der Waals surface area contributed by atoms with Crippen LogP contribution in [-0.2, 0) is 11.3 Å². The Morgan fingerprint density at radius 1 is 1.50 bits per heavy atom. The molecule has 90 valence electrons. The summed E-state index contributed by atoms with van der Waals surface area (Å²) in [5.74, 6) is 0.0134. The number of carbonyl (C=O) groups is 1. The van der Waals surface area contributed by atoms with Gasteiger partial charge in [0.2, 0.25) is 5.91 Å². The molecule has 0 saturated carbocycles. The molecule has 0 saturated heterocycles. The lowest BCUT2D eigenvalue weighted by atomic mass is 10.1. The summed E-state index contributed by atoms with van der Waals surface area (Å²) in [6.07, 6.45) is 0. The third kappa shape index (κ3) is 5.23. The number of aryl methyl sites for hydroxylation is 1. The lowest BCUT2D eigenvalue weighted by Crippen LogP contribution is -2.44. The van der Waals surface area contributed by atoms with Crippen LogP contribution in [0.3, 0.4) is 0 Å². The van der Waals surface area contributed by atoms with E-state index in [-0.39, 0.29) is 11.4 Å². The Kier molecular flexibility index (Phi) is 4.44. The van der Waals surface area contributed by atoms with Gasteiger partial charge in [-0.05, 0) is 27.7 Å². The molecule has 0 unspecified atom stereocenters. The topological polar surface area (TPSA) is 54.0 Å². The summed E-state index contributed by atoms with van der Waals surface area (Å²) in [6.45, 7) is 8.84. The zero-order chi connectivity index (χ0) is 12.2. The van der Waals surface area contributed by atoms with E-state index in [9.17, 15) is 4.79 Å². The average Bonchev–Trinajstić information content (AvgIpc) is 2.48. The molecule has 4 nitrogen and oxygen atoms in total. The molecule has 2 N–H and O–H groups in total. The standard InChI is InChI=1S/C11H19N3OS/c1-8-13-9(7-16-8)5-12-6-10(15)14-11(2,3)4/h7,12H,5-6H2,1-4H3,(H,14,15). The van der Waals surface area contributed by atoms with Gasteiger partial charge in [0.05, 0.1) is 17.2 Å². The maximum absolute atomic E-state index is 11.5. The fourth-order valence-corrected chi connectivity index (χ4v) is 1.87. The van der Waals surface area contributed by atoms with Crippen molar-refractivity contribution >= 4 is 17.2 Å². The molecule has 5 heteroatoms. The smallest absolute Gasteiger partial charge is 0.234 e. The zero-order valence-corrected chi connectivity index (χ0v) is 11.1. The molecule has 0 aromatic carbocycles. The molecule has 1 heterocycles. The molecule has 1 aromatic rings. The first-order valence-electron chi connectivity index (χ1n) is 5.29. The fourth-order valence-electron chi connectivity index (χ4n) is 1.26. The molecule has 0 atom stereocenters. The number of rotatable bonds is 4. The van der Waals surface area contributed by atoms with Crippen LogP contribution >= 0.6 is 11.3 Å². The first-order chi connectivity index (χ1) is 7.37. The summed E-state index contributed by atoms with van der Waals surface area (Å²) in [5.41, 5.74) is 0.821. The zero-order valence-electron chi connectivity index (χ0n) is 10.3. The molecule has 0 fully saturated rings. The van der Waals surface area contributed by atoms with Crippen LogP contribution in [0.2, 0.25) is 0 Å². The molecule has 1 amide bonds. The Bertz CT molecular complexity index is 354. The van der Waals surface area contributed by atoms with Crippen molar-refractivity contribution in [3.8, 4) is 0 Å². The predicted molar refractivity (Wildman–Crippen MR) is 66.5 cm³/mol. The van der Waals surface area contributed by atoms with E-state index in [4.69, 9.17) is 0 Å². The number of nitrogens with one attached hydrogen (secondary N) is 2. The van der Waals surface area contributed by atoms with Gasteiger partial charge in [-0.15, -0.1) is 11.3 Å². The number of carbonyl (C=O) groups excluding carboxylic acids is 1. The highest BCUT2D eigenvalue weighted by molar-refractivity contribution is 7.09. The van der Waals surface area contributed by atoms with Gasteiger partial charge in [0.15, 0.2) is 0 Å². The van der Waals surface area contributed by atoms with Gasteiger partial charge >= 0.3 is 0 Å². The first kappa shape index (κ1) is 13.1. The summed E-state index contributed by atoms with van der Waals surface area (Å²) in [7, 11) is 0. The summed E-state index contributed by atoms with van der Waals surface area (Å²) >= 11 is 1.62. The predicted octanol–water partition coefficient (Wildman–Crippen LogP) is 1.46. The molecule has 1 aromatic heterocycles. The molecule has 0 aliphatic carbocycles. The van der Waals surface area contributed by atoms with Gasteiger partial charge in [-0.2, -0.15) is 0 Å². The van der Waals surface area contributed by atoms with Crippen molar-refractivity contribution in [2.75, 3.05) is 6.54 Å². The van der Waals surface area contributed by atoms with Gasteiger partial charge in [0.1, 0.15) is 0 Å². The van der Waals surface area contributed by atoms with Gasteiger partial charge < -0.3 is 10.6 Å². The molecule has 16 heavy (non-hydrogen) atoms. The van der Waals surface area contributed by atoms with Crippen LogP contribution in [0.5, 0.6) is 0 Å². The summed E-state index contributed by atoms with van der Waals surface area (Å²) < 4.78 is 0. The van der Waals surface area contributed by atoms with Gasteiger partial charge in [-0.3, -0.25) is 4.79 Å². The lowest BCUT2D eigenvalue weighted by molar-refractivity contribution is -0.121. The number of thiazole rings is 1. The van der Waals surface area contributed by atoms with E-state index in [0.717, 1.165) is 10.7 Å². The van der Waals surface area contributed by atoms with Crippen molar-refractivity contribution in [2.45, 2.75) is 39.8 Å². The molecule has 0 spiro atoms. The van der Waals surface area contributed by atoms with Gasteiger partial charge in [-0.1, -0.05) is 0 Å². The van der Waals surface area contributed by atoms with E-state index in [1.165, 1.54) is 0 Å². The number of amides is 1. The maximum Gasteiger partial charge on any atom is 0.234 e. The van der Waals surface area contributed by atoms with E-state index < -0.39 is 0 Å². The van der Waals surface area contributed by atoms with Crippen molar-refractivity contribution < 1.29 is 4.79 Å². The van der Waals surface area contributed by atoms with Crippen molar-refractivity contribution in [2.24, 2.45) is 0 Å². The van der Waals surface area contributed by atoms with Gasteiger partial charge in [0, 0.05) is 17.5 Å². The summed E-state index contributed by atoms with van der Waals surface area (Å²) in [5, 5.41) is 9.02. The Hall–Kier alpha value is -0.940. The third-order valence-corrected chi connectivity index (χ3v) is 2.59. The average molecular weight is 241 g/mol. The van der Waals surface area contributed by atoms with Gasteiger partial charge in [-0.25, -0.2) is 4.98 Å². The first-order valence-corrected chi connectivity index (χ1v) is 6.17. The molecule has 0 radical (unpaired) electrons. The van der Waals surface area contributed by atoms with Crippen LogP contribution < -0.4 is 10.6 Å². The van der Waals surface area contributed by atoms with Crippen molar-refractivity contribution in [1.29, 1.82) is 0 Å². The number of hydrogen-bond donors (Lipinski definition) is 2. The van der Waals surface area contributed by atoms with E-state index >= 15 is 0 Å². The second-order valence-corrected chi connectivity index (χ2v) is 5.82. The fraction of sp³-hybridized carbons (Fsp3) is 0.636. The van der Waals surface area contributed by atoms with Crippen molar-refractivity contribution in [3.63, 3.8) is 0 Å². The molecule has 1 rings (SSSR count). The highest BCUT2D eigenvalue weighted by Gasteiger charge is 2.12. The van der Waals surface area contributed by atoms with Crippen molar-refractivity contribution in [3.05, 3.63) is 16.1 Å². The minimum atomic E-state index is -0.171. The maximum atomic E-state index is 11.5. The van der Waals surface area contributed by atoms with Crippen molar-refractivity contribution in [1.82, 2.24) is 15.6 Å². The molecular formula is C11H19N3OS. The van der Waals surface area contributed by atoms with Crippen LogP contribution in [-0.4, -0.2) is 23.0 Å². The van der Waals surface area contributed by atoms with E-state index in [0.29, 0.717) is 13.1 Å². The van der Waals surface area contributed by atoms with Crippen LogP contribution in [0.4, 0.5) is 0 Å². The van der Waals surface area contributed by atoms with Crippen LogP contribution in [0.1, 0.15) is 31.5 Å². The highest BCUT2D eigenvalue weighted by Crippen LogP contribution is 2.06. The van der Waals surface area contributed by atoms with Crippen LogP contribution in [0.25, 0.3) is 0 Å². The quantitative estimate of drug-likeness (QED) is 0.839. The Balaban J connectivity index is 2.23. The largest absolute Gasteiger partial charge is 0.350 e. The summed E-state index contributed by atoms with van der Waals surface area (Å²) in [6, 6.07) is 0. The summed E-state index contributed by atoms with van der Waals surface area (Å²) in [4.78, 5) is 15.8. The normalized spacial score (nSPS) is 11.5. The Morgan fingerprint density at radius 3 is 2.69 bits per heavy atom. The SMILES string of the molecule is Cc1nc(CNCC(=O)NC(C)(C)C)cs1. The minimum Gasteiger partial charge on any atom is -0.350 e. The van der Waals surface area contributed by atoms with E-state index in [1.54, 1.807) is 11.3 Å². The Labute approximate surface area is 100 Å². The highest BCUT2D eigenvalue weighted by atomic mass is 32.1. The number of aromatic nitrogens is 1. The molecule has 0 bridgehead atoms. The molecular weight excluding hydrogens is 222 g/mol. The van der Waals surface area contributed by atoms with E-state index in [1.807, 2.05) is 33.1 Å². The molecule has 0 aliphatic heterocycles. The molecule has 0 aliphatic rings. The van der Waals surface area contributed by atoms with Crippen LogP contribution in [0.15, 0.2) is 5.38 Å². The second kappa shape index (κ2) is 5.41. The van der Waals surface area contributed by atoms with Crippen LogP contribution in [0, 0.1) is 6.92 Å². The monoisotopic (exact) mass is 241 g/mol. The minimum absolute atomic E-state index is 0.0134. The number of nitrogens with zero attached hydrogens (tertiary/aromatic N) is 1. The third-order valence-electron chi connectivity index (χ3n) is 1.77. The second-order valence-electron chi connectivity index (χ2n) is 4.76. The lowest BCUT2D eigenvalue weighted by Gasteiger charge is -2.20. The van der Waals surface area contributed by atoms with E-state index in [2.05, 4.69) is 15.6 Å². The number of hydrogen-bond acceptors (Lipinski definition) is 4.